The molecule has 0 heterocycles. The molecule has 0 spiro atoms. The fourth-order valence-corrected chi connectivity index (χ4v) is 2.90. The number of hydrogen-bond donors (Lipinski definition) is 2. The summed E-state index contributed by atoms with van der Waals surface area (Å²) in [6.45, 7) is 4.28. The monoisotopic (exact) mass is 265 g/mol. The Bertz CT molecular complexity index is 467. The van der Waals surface area contributed by atoms with E-state index < -0.39 is 5.97 Å². The van der Waals surface area contributed by atoms with Gasteiger partial charge in [-0.05, 0) is 51.0 Å². The number of anilines is 1. The fourth-order valence-electron chi connectivity index (χ4n) is 2.28. The summed E-state index contributed by atoms with van der Waals surface area (Å²) in [5.74, 6) is -0.217. The van der Waals surface area contributed by atoms with Crippen molar-refractivity contribution in [3.8, 4) is 0 Å². The van der Waals surface area contributed by atoms with Crippen molar-refractivity contribution in [2.75, 3.05) is 11.6 Å². The lowest BCUT2D eigenvalue weighted by atomic mass is 9.97. The van der Waals surface area contributed by atoms with E-state index in [0.29, 0.717) is 11.5 Å². The Hall–Kier alpha value is -1.16. The molecule has 0 saturated heterocycles. The minimum absolute atomic E-state index is 0.0404. The summed E-state index contributed by atoms with van der Waals surface area (Å²) < 4.78 is 0. The van der Waals surface area contributed by atoms with Crippen LogP contribution in [0.4, 0.5) is 5.69 Å². The number of hydrogen-bond acceptors (Lipinski definition) is 3. The van der Waals surface area contributed by atoms with Crippen molar-refractivity contribution in [1.82, 2.24) is 0 Å². The number of thioether (sulfide) groups is 1. The first-order valence-electron chi connectivity index (χ1n) is 6.14. The zero-order chi connectivity index (χ0) is 13.3. The molecule has 1 aromatic carbocycles. The number of carbonyl (C=O) groups is 1. The molecule has 0 amide bonds. The molecule has 1 saturated carbocycles. The van der Waals surface area contributed by atoms with E-state index in [1.54, 1.807) is 0 Å². The first kappa shape index (κ1) is 13.3. The fraction of sp³-hybridized carbons (Fsp3) is 0.500. The summed E-state index contributed by atoms with van der Waals surface area (Å²) in [4.78, 5) is 12.2. The minimum atomic E-state index is -0.867. The van der Waals surface area contributed by atoms with E-state index in [1.807, 2.05) is 24.5 Å². The molecule has 2 N–H and O–H groups in total. The molecule has 0 unspecified atom stereocenters. The lowest BCUT2D eigenvalue weighted by Gasteiger charge is -2.28. The van der Waals surface area contributed by atoms with Gasteiger partial charge in [0.05, 0.1) is 11.3 Å². The number of aromatic carboxylic acids is 1. The molecule has 3 nitrogen and oxygen atoms in total. The first-order valence-corrected chi connectivity index (χ1v) is 7.36. The Balaban J connectivity index is 2.34. The molecule has 2 rings (SSSR count). The molecule has 0 bridgehead atoms. The molecule has 0 aromatic heterocycles. The van der Waals surface area contributed by atoms with E-state index in [-0.39, 0.29) is 5.54 Å². The van der Waals surface area contributed by atoms with E-state index in [9.17, 15) is 9.90 Å². The number of carboxylic acids is 1. The van der Waals surface area contributed by atoms with E-state index >= 15 is 0 Å². The van der Waals surface area contributed by atoms with Crippen LogP contribution in [0.25, 0.3) is 0 Å². The van der Waals surface area contributed by atoms with Gasteiger partial charge in [0.25, 0.3) is 0 Å². The van der Waals surface area contributed by atoms with Gasteiger partial charge in [0, 0.05) is 10.4 Å². The predicted molar refractivity (Wildman–Crippen MR) is 75.6 cm³/mol. The molecule has 98 valence electrons. The normalized spacial score (nSPS) is 15.5. The third kappa shape index (κ3) is 2.64. The first-order chi connectivity index (χ1) is 8.45. The quantitative estimate of drug-likeness (QED) is 0.797. The number of benzene rings is 1. The maximum atomic E-state index is 11.4. The lowest BCUT2D eigenvalue weighted by molar-refractivity contribution is 0.0694. The minimum Gasteiger partial charge on any atom is -0.478 e. The zero-order valence-corrected chi connectivity index (χ0v) is 11.8. The molecule has 4 heteroatoms. The van der Waals surface area contributed by atoms with Gasteiger partial charge in [-0.1, -0.05) is 6.07 Å². The van der Waals surface area contributed by atoms with Crippen LogP contribution in [0.3, 0.4) is 0 Å². The molecular formula is C14H19NO2S. The summed E-state index contributed by atoms with van der Waals surface area (Å²) in [5.41, 5.74) is 1.08. The van der Waals surface area contributed by atoms with Gasteiger partial charge in [-0.15, -0.1) is 11.8 Å². The topological polar surface area (TPSA) is 49.3 Å². The van der Waals surface area contributed by atoms with E-state index in [0.717, 1.165) is 10.6 Å². The Kier molecular flexibility index (Phi) is 3.57. The van der Waals surface area contributed by atoms with Crippen LogP contribution in [0.1, 0.15) is 37.0 Å². The third-order valence-electron chi connectivity index (χ3n) is 3.51. The van der Waals surface area contributed by atoms with E-state index in [4.69, 9.17) is 0 Å². The van der Waals surface area contributed by atoms with Gasteiger partial charge in [-0.25, -0.2) is 4.79 Å². The van der Waals surface area contributed by atoms with Crippen LogP contribution in [0.2, 0.25) is 0 Å². The van der Waals surface area contributed by atoms with Crippen molar-refractivity contribution >= 4 is 23.4 Å². The maximum Gasteiger partial charge on any atom is 0.338 e. The molecule has 1 aromatic rings. The standard InChI is InChI=1S/C14H19NO2S/c1-14(2,9-7-8-9)15-10-5-4-6-11(18-3)12(10)13(16)17/h4-6,9,15H,7-8H2,1-3H3,(H,16,17). The summed E-state index contributed by atoms with van der Waals surface area (Å²) in [6, 6.07) is 5.61. The summed E-state index contributed by atoms with van der Waals surface area (Å²) in [5, 5.41) is 12.8. The molecule has 18 heavy (non-hydrogen) atoms. The highest BCUT2D eigenvalue weighted by molar-refractivity contribution is 7.98. The summed E-state index contributed by atoms with van der Waals surface area (Å²) >= 11 is 1.47. The smallest absolute Gasteiger partial charge is 0.338 e. The number of carboxylic acid groups (broad SMARTS) is 1. The van der Waals surface area contributed by atoms with E-state index in [1.165, 1.54) is 24.6 Å². The molecule has 0 aliphatic heterocycles. The van der Waals surface area contributed by atoms with Gasteiger partial charge in [0.1, 0.15) is 0 Å². The van der Waals surface area contributed by atoms with Crippen LogP contribution < -0.4 is 5.32 Å². The van der Waals surface area contributed by atoms with Crippen molar-refractivity contribution in [2.24, 2.45) is 5.92 Å². The molecule has 0 radical (unpaired) electrons. The highest BCUT2D eigenvalue weighted by Gasteiger charge is 2.38. The van der Waals surface area contributed by atoms with Crippen LogP contribution in [-0.4, -0.2) is 22.9 Å². The molecular weight excluding hydrogens is 246 g/mol. The average molecular weight is 265 g/mol. The second-order valence-corrected chi connectivity index (χ2v) is 6.16. The van der Waals surface area contributed by atoms with Gasteiger partial charge >= 0.3 is 5.97 Å². The van der Waals surface area contributed by atoms with Gasteiger partial charge in [0.2, 0.25) is 0 Å². The van der Waals surface area contributed by atoms with Gasteiger partial charge in [-0.2, -0.15) is 0 Å². The second-order valence-electron chi connectivity index (χ2n) is 5.31. The van der Waals surface area contributed by atoms with Crippen LogP contribution in [0.15, 0.2) is 23.1 Å². The van der Waals surface area contributed by atoms with Crippen LogP contribution in [0, 0.1) is 5.92 Å². The Morgan fingerprint density at radius 2 is 2.11 bits per heavy atom. The SMILES string of the molecule is CSc1cccc(NC(C)(C)C2CC2)c1C(=O)O. The number of nitrogens with one attached hydrogen (secondary N) is 1. The van der Waals surface area contributed by atoms with Crippen molar-refractivity contribution in [2.45, 2.75) is 37.1 Å². The zero-order valence-electron chi connectivity index (χ0n) is 11.0. The average Bonchev–Trinajstić information content (AvgIpc) is 3.11. The van der Waals surface area contributed by atoms with Crippen molar-refractivity contribution in [3.63, 3.8) is 0 Å². The van der Waals surface area contributed by atoms with Crippen LogP contribution in [-0.2, 0) is 0 Å². The second kappa shape index (κ2) is 4.84. The molecule has 1 aliphatic rings. The predicted octanol–water partition coefficient (Wildman–Crippen LogP) is 3.71. The Morgan fingerprint density at radius 1 is 1.44 bits per heavy atom. The van der Waals surface area contributed by atoms with Crippen LogP contribution in [0.5, 0.6) is 0 Å². The third-order valence-corrected chi connectivity index (χ3v) is 4.29. The lowest BCUT2D eigenvalue weighted by Crippen LogP contribution is -2.34. The highest BCUT2D eigenvalue weighted by atomic mass is 32.2. The van der Waals surface area contributed by atoms with E-state index in [2.05, 4.69) is 19.2 Å². The van der Waals surface area contributed by atoms with Gasteiger partial charge in [0.15, 0.2) is 0 Å². The molecule has 0 atom stereocenters. The Labute approximate surface area is 112 Å². The van der Waals surface area contributed by atoms with Crippen molar-refractivity contribution in [1.29, 1.82) is 0 Å². The number of rotatable bonds is 5. The highest BCUT2D eigenvalue weighted by Crippen LogP contribution is 2.42. The largest absolute Gasteiger partial charge is 0.478 e. The van der Waals surface area contributed by atoms with Crippen molar-refractivity contribution in [3.05, 3.63) is 23.8 Å². The maximum absolute atomic E-state index is 11.4. The summed E-state index contributed by atoms with van der Waals surface area (Å²) in [6.07, 6.45) is 4.35. The van der Waals surface area contributed by atoms with Gasteiger partial charge < -0.3 is 10.4 Å². The Morgan fingerprint density at radius 3 is 2.61 bits per heavy atom. The van der Waals surface area contributed by atoms with Crippen LogP contribution >= 0.6 is 11.8 Å². The summed E-state index contributed by atoms with van der Waals surface area (Å²) in [7, 11) is 0. The molecule has 1 aliphatic carbocycles. The van der Waals surface area contributed by atoms with Gasteiger partial charge in [-0.3, -0.25) is 0 Å². The molecule has 1 fully saturated rings. The van der Waals surface area contributed by atoms with Crippen molar-refractivity contribution < 1.29 is 9.90 Å².